The number of nitrogens with one attached hydrogen (secondary N) is 1. The summed E-state index contributed by atoms with van der Waals surface area (Å²) in [6, 6.07) is 14.2. The maximum Gasteiger partial charge on any atom is 0.289 e. The lowest BCUT2D eigenvalue weighted by Gasteiger charge is -2.14. The fourth-order valence-electron chi connectivity index (χ4n) is 2.34. The second-order valence-corrected chi connectivity index (χ2v) is 5.07. The zero-order valence-electron chi connectivity index (χ0n) is 12.0. The molecule has 3 aromatic rings. The summed E-state index contributed by atoms with van der Waals surface area (Å²) in [7, 11) is 0. The van der Waals surface area contributed by atoms with Crippen LogP contribution >= 0.6 is 0 Å². The van der Waals surface area contributed by atoms with Crippen LogP contribution in [0.2, 0.25) is 0 Å². The van der Waals surface area contributed by atoms with E-state index in [2.05, 4.69) is 34.6 Å². The second-order valence-electron chi connectivity index (χ2n) is 5.07. The van der Waals surface area contributed by atoms with Crippen molar-refractivity contribution in [3.05, 3.63) is 65.9 Å². The molecule has 1 atom stereocenters. The minimum atomic E-state index is -0.245. The lowest BCUT2D eigenvalue weighted by molar-refractivity contribution is 0.0911. The van der Waals surface area contributed by atoms with Crippen molar-refractivity contribution in [1.82, 2.24) is 10.3 Å². The Kier molecular flexibility index (Phi) is 3.44. The van der Waals surface area contributed by atoms with Crippen LogP contribution in [-0.4, -0.2) is 10.9 Å². The molecule has 4 nitrogen and oxygen atoms in total. The minimum absolute atomic E-state index is 0.105. The molecule has 1 N–H and O–H groups in total. The Labute approximate surface area is 122 Å². The molecular formula is C17H16N2O2. The number of amides is 1. The molecule has 0 spiro atoms. The number of hydrogen-bond donors (Lipinski definition) is 1. The number of carbonyl (C=O) groups excluding carboxylic acids is 1. The van der Waals surface area contributed by atoms with Crippen LogP contribution < -0.4 is 5.32 Å². The van der Waals surface area contributed by atoms with Crippen molar-refractivity contribution >= 4 is 16.7 Å². The van der Waals surface area contributed by atoms with E-state index in [9.17, 15) is 4.79 Å². The van der Waals surface area contributed by atoms with Gasteiger partial charge in [0.05, 0.1) is 11.7 Å². The van der Waals surface area contributed by atoms with E-state index in [0.717, 1.165) is 10.9 Å². The topological polar surface area (TPSA) is 55.1 Å². The maximum absolute atomic E-state index is 12.1. The van der Waals surface area contributed by atoms with Gasteiger partial charge in [-0.15, -0.1) is 0 Å². The van der Waals surface area contributed by atoms with Gasteiger partial charge in [-0.25, -0.2) is 4.98 Å². The van der Waals surface area contributed by atoms with E-state index in [1.54, 1.807) is 6.92 Å². The lowest BCUT2D eigenvalue weighted by atomic mass is 10.0. The fourth-order valence-corrected chi connectivity index (χ4v) is 2.34. The van der Waals surface area contributed by atoms with Gasteiger partial charge in [-0.05, 0) is 36.2 Å². The molecule has 0 fully saturated rings. The highest BCUT2D eigenvalue weighted by Crippen LogP contribution is 2.20. The predicted molar refractivity (Wildman–Crippen MR) is 81.1 cm³/mol. The Hall–Kier alpha value is -2.62. The van der Waals surface area contributed by atoms with Crippen LogP contribution in [-0.2, 0) is 0 Å². The van der Waals surface area contributed by atoms with Gasteiger partial charge in [0.15, 0.2) is 6.39 Å². The molecule has 1 heterocycles. The molecule has 3 rings (SSSR count). The standard InChI is InChI=1S/C17H16N2O2/c1-11(19-17(20)16-12(2)18-10-21-16)14-8-7-13-5-3-4-6-15(13)9-14/h3-11H,1-2H3,(H,19,20)/t11-/m1/s1. The molecule has 0 unspecified atom stereocenters. The monoisotopic (exact) mass is 280 g/mol. The highest BCUT2D eigenvalue weighted by molar-refractivity contribution is 5.92. The SMILES string of the molecule is Cc1ncoc1C(=O)N[C@H](C)c1ccc2ccccc2c1. The van der Waals surface area contributed by atoms with E-state index < -0.39 is 0 Å². The summed E-state index contributed by atoms with van der Waals surface area (Å²) < 4.78 is 5.11. The summed E-state index contributed by atoms with van der Waals surface area (Å²) in [6.45, 7) is 3.70. The first kappa shape index (κ1) is 13.4. The highest BCUT2D eigenvalue weighted by Gasteiger charge is 2.17. The van der Waals surface area contributed by atoms with Gasteiger partial charge >= 0.3 is 0 Å². The van der Waals surface area contributed by atoms with Crippen molar-refractivity contribution in [1.29, 1.82) is 0 Å². The average Bonchev–Trinajstić information content (AvgIpc) is 2.93. The molecule has 2 aromatic carbocycles. The first-order chi connectivity index (χ1) is 10.1. The van der Waals surface area contributed by atoms with Crippen molar-refractivity contribution in [2.45, 2.75) is 19.9 Å². The number of aryl methyl sites for hydroxylation is 1. The number of benzene rings is 2. The number of hydrogen-bond acceptors (Lipinski definition) is 3. The molecule has 0 aliphatic heterocycles. The van der Waals surface area contributed by atoms with Gasteiger partial charge in [-0.2, -0.15) is 0 Å². The number of aromatic nitrogens is 1. The van der Waals surface area contributed by atoms with E-state index in [1.165, 1.54) is 11.8 Å². The Balaban J connectivity index is 1.82. The Morgan fingerprint density at radius 2 is 1.95 bits per heavy atom. The summed E-state index contributed by atoms with van der Waals surface area (Å²) in [4.78, 5) is 16.1. The van der Waals surface area contributed by atoms with Crippen LogP contribution in [0.1, 0.15) is 34.8 Å². The number of rotatable bonds is 3. The maximum atomic E-state index is 12.1. The normalized spacial score (nSPS) is 12.3. The van der Waals surface area contributed by atoms with E-state index in [0.29, 0.717) is 5.69 Å². The van der Waals surface area contributed by atoms with Gasteiger partial charge in [-0.3, -0.25) is 4.79 Å². The average molecular weight is 280 g/mol. The second kappa shape index (κ2) is 5.40. The third-order valence-electron chi connectivity index (χ3n) is 3.57. The van der Waals surface area contributed by atoms with Crippen LogP contribution in [0, 0.1) is 6.92 Å². The number of oxazole rings is 1. The van der Waals surface area contributed by atoms with Gasteiger partial charge in [0, 0.05) is 0 Å². The number of fused-ring (bicyclic) bond motifs is 1. The largest absolute Gasteiger partial charge is 0.438 e. The Bertz CT molecular complexity index is 792. The fraction of sp³-hybridized carbons (Fsp3) is 0.176. The van der Waals surface area contributed by atoms with E-state index in [-0.39, 0.29) is 17.7 Å². The molecule has 4 heteroatoms. The third kappa shape index (κ3) is 2.65. The van der Waals surface area contributed by atoms with Gasteiger partial charge < -0.3 is 9.73 Å². The number of nitrogens with zero attached hydrogens (tertiary/aromatic N) is 1. The summed E-state index contributed by atoms with van der Waals surface area (Å²) in [5, 5.41) is 5.28. The summed E-state index contributed by atoms with van der Waals surface area (Å²) >= 11 is 0. The van der Waals surface area contributed by atoms with Gasteiger partial charge in [-0.1, -0.05) is 36.4 Å². The van der Waals surface area contributed by atoms with Crippen LogP contribution in [0.15, 0.2) is 53.3 Å². The van der Waals surface area contributed by atoms with Crippen LogP contribution in [0.25, 0.3) is 10.8 Å². The predicted octanol–water partition coefficient (Wildman–Crippen LogP) is 3.63. The zero-order valence-corrected chi connectivity index (χ0v) is 12.0. The van der Waals surface area contributed by atoms with Gasteiger partial charge in [0.1, 0.15) is 0 Å². The van der Waals surface area contributed by atoms with Crippen molar-refractivity contribution in [2.24, 2.45) is 0 Å². The van der Waals surface area contributed by atoms with E-state index in [1.807, 2.05) is 25.1 Å². The van der Waals surface area contributed by atoms with Crippen molar-refractivity contribution in [2.75, 3.05) is 0 Å². The van der Waals surface area contributed by atoms with E-state index in [4.69, 9.17) is 4.42 Å². The quantitative estimate of drug-likeness (QED) is 0.797. The van der Waals surface area contributed by atoms with Crippen LogP contribution in [0.4, 0.5) is 0 Å². The summed E-state index contributed by atoms with van der Waals surface area (Å²) in [6.07, 6.45) is 1.28. The first-order valence-electron chi connectivity index (χ1n) is 6.85. The minimum Gasteiger partial charge on any atom is -0.438 e. The lowest BCUT2D eigenvalue weighted by Crippen LogP contribution is -2.26. The van der Waals surface area contributed by atoms with Gasteiger partial charge in [0.25, 0.3) is 5.91 Å². The molecule has 1 aromatic heterocycles. The molecule has 0 saturated heterocycles. The Morgan fingerprint density at radius 3 is 2.67 bits per heavy atom. The van der Waals surface area contributed by atoms with Gasteiger partial charge in [0.2, 0.25) is 5.76 Å². The molecule has 0 radical (unpaired) electrons. The molecule has 1 amide bonds. The van der Waals surface area contributed by atoms with Crippen LogP contribution in [0.3, 0.4) is 0 Å². The highest BCUT2D eigenvalue weighted by atomic mass is 16.3. The van der Waals surface area contributed by atoms with Crippen molar-refractivity contribution in [3.63, 3.8) is 0 Å². The summed E-state index contributed by atoms with van der Waals surface area (Å²) in [5.74, 6) is 0.0216. The molecule has 106 valence electrons. The third-order valence-corrected chi connectivity index (χ3v) is 3.57. The van der Waals surface area contributed by atoms with Crippen molar-refractivity contribution < 1.29 is 9.21 Å². The molecule has 0 saturated carbocycles. The first-order valence-corrected chi connectivity index (χ1v) is 6.85. The van der Waals surface area contributed by atoms with E-state index >= 15 is 0 Å². The zero-order chi connectivity index (χ0) is 14.8. The molecular weight excluding hydrogens is 264 g/mol. The van der Waals surface area contributed by atoms with Crippen LogP contribution in [0.5, 0.6) is 0 Å². The smallest absolute Gasteiger partial charge is 0.289 e. The number of carbonyl (C=O) groups is 1. The van der Waals surface area contributed by atoms with Crippen molar-refractivity contribution in [3.8, 4) is 0 Å². The molecule has 21 heavy (non-hydrogen) atoms. The molecule has 0 aliphatic carbocycles. The molecule has 0 aliphatic rings. The summed E-state index contributed by atoms with van der Waals surface area (Å²) in [5.41, 5.74) is 1.65. The Morgan fingerprint density at radius 1 is 1.19 bits per heavy atom. The molecule has 0 bridgehead atoms.